The highest BCUT2D eigenvalue weighted by Gasteiger charge is 2.26. The van der Waals surface area contributed by atoms with Crippen LogP contribution in [0.3, 0.4) is 0 Å². The van der Waals surface area contributed by atoms with Gasteiger partial charge in [0.25, 0.3) is 0 Å². The van der Waals surface area contributed by atoms with Crippen LogP contribution in [-0.2, 0) is 18.4 Å². The zero-order chi connectivity index (χ0) is 18.1. The van der Waals surface area contributed by atoms with E-state index in [2.05, 4.69) is 38.9 Å². The number of hydrogen-bond acceptors (Lipinski definition) is 5. The molecule has 1 amide bonds. The third kappa shape index (κ3) is 3.50. The lowest BCUT2D eigenvalue weighted by molar-refractivity contribution is -0.121. The molecule has 4 rings (SSSR count). The molecule has 1 saturated heterocycles. The first-order chi connectivity index (χ1) is 12.6. The number of hydrogen-bond donors (Lipinski definition) is 1. The summed E-state index contributed by atoms with van der Waals surface area (Å²) in [7, 11) is 2.07. The average Bonchev–Trinajstić information content (AvgIpc) is 3.19. The Bertz CT molecular complexity index is 923. The number of imidazole rings is 1. The fraction of sp³-hybridized carbons (Fsp3) is 0.421. The van der Waals surface area contributed by atoms with Crippen LogP contribution in [0.25, 0.3) is 11.0 Å². The van der Waals surface area contributed by atoms with Crippen molar-refractivity contribution in [1.82, 2.24) is 19.4 Å². The molecule has 3 heterocycles. The van der Waals surface area contributed by atoms with Crippen LogP contribution in [0.5, 0.6) is 0 Å². The normalized spacial score (nSPS) is 16.2. The molecule has 0 aliphatic carbocycles. The number of likely N-dealkylation sites (tertiary alicyclic amines) is 1. The van der Waals surface area contributed by atoms with Crippen molar-refractivity contribution in [1.29, 1.82) is 0 Å². The van der Waals surface area contributed by atoms with Gasteiger partial charge in [-0.2, -0.15) is 0 Å². The second-order valence-corrected chi connectivity index (χ2v) is 7.77. The summed E-state index contributed by atoms with van der Waals surface area (Å²) in [5.74, 6) is 1.24. The van der Waals surface area contributed by atoms with Gasteiger partial charge in [-0.05, 0) is 45.0 Å². The summed E-state index contributed by atoms with van der Waals surface area (Å²) in [6.45, 7) is 4.59. The van der Waals surface area contributed by atoms with E-state index in [1.165, 1.54) is 11.3 Å². The molecule has 0 unspecified atom stereocenters. The number of benzene rings is 1. The molecule has 0 saturated carbocycles. The van der Waals surface area contributed by atoms with E-state index in [0.717, 1.165) is 55.0 Å². The number of carbonyl (C=O) groups is 1. The standard InChI is InChI=1S/C19H23N5OS/c1-13-12-26-19(20-13)22-18(25)14-7-9-24(10-8-14)11-17-21-15-5-3-4-6-16(15)23(17)2/h3-6,12,14H,7-11H2,1-2H3,(H,20,22,25). The van der Waals surface area contributed by atoms with Crippen molar-refractivity contribution in [3.05, 3.63) is 41.2 Å². The number of carbonyl (C=O) groups excluding carboxylic acids is 1. The minimum Gasteiger partial charge on any atom is -0.330 e. The maximum atomic E-state index is 12.4. The van der Waals surface area contributed by atoms with Crippen LogP contribution in [0.15, 0.2) is 29.6 Å². The van der Waals surface area contributed by atoms with Crippen molar-refractivity contribution in [3.8, 4) is 0 Å². The van der Waals surface area contributed by atoms with Crippen molar-refractivity contribution in [3.63, 3.8) is 0 Å². The SMILES string of the molecule is Cc1csc(NC(=O)C2CCN(Cc3nc4ccccc4n3C)CC2)n1. The Balaban J connectivity index is 1.34. The molecule has 0 bridgehead atoms. The number of anilines is 1. The second kappa shape index (κ2) is 7.17. The Kier molecular flexibility index (Phi) is 4.74. The minimum absolute atomic E-state index is 0.0656. The highest BCUT2D eigenvalue weighted by atomic mass is 32.1. The predicted octanol–water partition coefficient (Wildman–Crippen LogP) is 3.19. The lowest BCUT2D eigenvalue weighted by Gasteiger charge is -2.30. The highest BCUT2D eigenvalue weighted by molar-refractivity contribution is 7.13. The van der Waals surface area contributed by atoms with Gasteiger partial charge in [0.15, 0.2) is 5.13 Å². The van der Waals surface area contributed by atoms with Crippen LogP contribution >= 0.6 is 11.3 Å². The van der Waals surface area contributed by atoms with Crippen molar-refractivity contribution in [2.45, 2.75) is 26.3 Å². The first-order valence-corrected chi connectivity index (χ1v) is 9.84. The third-order valence-electron chi connectivity index (χ3n) is 5.05. The van der Waals surface area contributed by atoms with Gasteiger partial charge in [-0.1, -0.05) is 12.1 Å². The monoisotopic (exact) mass is 369 g/mol. The third-order valence-corrected chi connectivity index (χ3v) is 5.93. The van der Waals surface area contributed by atoms with Gasteiger partial charge in [0, 0.05) is 18.3 Å². The van der Waals surface area contributed by atoms with Crippen LogP contribution < -0.4 is 5.32 Å². The van der Waals surface area contributed by atoms with Gasteiger partial charge in [-0.3, -0.25) is 9.69 Å². The van der Waals surface area contributed by atoms with Crippen LogP contribution in [-0.4, -0.2) is 38.4 Å². The maximum Gasteiger partial charge on any atom is 0.229 e. The van der Waals surface area contributed by atoms with Crippen LogP contribution in [0.1, 0.15) is 24.4 Å². The quantitative estimate of drug-likeness (QED) is 0.767. The van der Waals surface area contributed by atoms with E-state index in [-0.39, 0.29) is 11.8 Å². The van der Waals surface area contributed by atoms with Crippen molar-refractivity contribution >= 4 is 33.4 Å². The molecule has 1 aliphatic heterocycles. The molecule has 1 fully saturated rings. The van der Waals surface area contributed by atoms with Crippen molar-refractivity contribution < 1.29 is 4.79 Å². The Hall–Kier alpha value is -2.25. The van der Waals surface area contributed by atoms with Gasteiger partial charge in [-0.15, -0.1) is 11.3 Å². The van der Waals surface area contributed by atoms with Crippen LogP contribution in [0.2, 0.25) is 0 Å². The highest BCUT2D eigenvalue weighted by Crippen LogP contribution is 2.23. The van der Waals surface area contributed by atoms with Gasteiger partial charge >= 0.3 is 0 Å². The first-order valence-electron chi connectivity index (χ1n) is 8.96. The van der Waals surface area contributed by atoms with E-state index >= 15 is 0 Å². The van der Waals surface area contributed by atoms with E-state index in [9.17, 15) is 4.79 Å². The van der Waals surface area contributed by atoms with Gasteiger partial charge in [0.1, 0.15) is 5.82 Å². The molecule has 1 N–H and O–H groups in total. The number of fused-ring (bicyclic) bond motifs is 1. The summed E-state index contributed by atoms with van der Waals surface area (Å²) in [5, 5.41) is 5.61. The molecule has 3 aromatic rings. The molecule has 1 aliphatic rings. The Labute approximate surface area is 156 Å². The van der Waals surface area contributed by atoms with E-state index in [1.54, 1.807) is 0 Å². The van der Waals surface area contributed by atoms with Gasteiger partial charge in [-0.25, -0.2) is 9.97 Å². The number of nitrogens with one attached hydrogen (secondary N) is 1. The minimum atomic E-state index is 0.0656. The molecule has 0 atom stereocenters. The molecule has 26 heavy (non-hydrogen) atoms. The first kappa shape index (κ1) is 17.2. The zero-order valence-electron chi connectivity index (χ0n) is 15.1. The summed E-state index contributed by atoms with van der Waals surface area (Å²) >= 11 is 1.48. The van der Waals surface area contributed by atoms with E-state index in [0.29, 0.717) is 5.13 Å². The lowest BCUT2D eigenvalue weighted by Crippen LogP contribution is -2.38. The smallest absolute Gasteiger partial charge is 0.229 e. The van der Waals surface area contributed by atoms with Crippen molar-refractivity contribution in [2.24, 2.45) is 13.0 Å². The van der Waals surface area contributed by atoms with Gasteiger partial charge < -0.3 is 9.88 Å². The lowest BCUT2D eigenvalue weighted by atomic mass is 9.96. The molecule has 0 spiro atoms. The number of aromatic nitrogens is 3. The van der Waals surface area contributed by atoms with Crippen LogP contribution in [0.4, 0.5) is 5.13 Å². The summed E-state index contributed by atoms with van der Waals surface area (Å²) in [6.07, 6.45) is 1.75. The fourth-order valence-corrected chi connectivity index (χ4v) is 4.20. The maximum absolute atomic E-state index is 12.4. The molecule has 7 heteroatoms. The number of nitrogens with zero attached hydrogens (tertiary/aromatic N) is 4. The van der Waals surface area contributed by atoms with E-state index in [1.807, 2.05) is 24.4 Å². The Morgan fingerprint density at radius 1 is 1.27 bits per heavy atom. The van der Waals surface area contributed by atoms with Gasteiger partial charge in [0.05, 0.1) is 23.3 Å². The van der Waals surface area contributed by atoms with Gasteiger partial charge in [0.2, 0.25) is 5.91 Å². The summed E-state index contributed by atoms with van der Waals surface area (Å²) < 4.78 is 2.17. The molecule has 136 valence electrons. The summed E-state index contributed by atoms with van der Waals surface area (Å²) in [5.41, 5.74) is 3.15. The number of rotatable bonds is 4. The summed E-state index contributed by atoms with van der Waals surface area (Å²) in [6, 6.07) is 8.22. The summed E-state index contributed by atoms with van der Waals surface area (Å²) in [4.78, 5) is 23.9. The fourth-order valence-electron chi connectivity index (χ4n) is 3.51. The van der Waals surface area contributed by atoms with Crippen LogP contribution in [0, 0.1) is 12.8 Å². The molecule has 0 radical (unpaired) electrons. The molecule has 6 nitrogen and oxygen atoms in total. The number of aryl methyl sites for hydroxylation is 2. The number of thiazole rings is 1. The van der Waals surface area contributed by atoms with Crippen molar-refractivity contribution in [2.75, 3.05) is 18.4 Å². The average molecular weight is 369 g/mol. The largest absolute Gasteiger partial charge is 0.330 e. The predicted molar refractivity (Wildman–Crippen MR) is 104 cm³/mol. The Morgan fingerprint density at radius 2 is 2.04 bits per heavy atom. The Morgan fingerprint density at radius 3 is 2.73 bits per heavy atom. The number of amides is 1. The topological polar surface area (TPSA) is 63.1 Å². The van der Waals surface area contributed by atoms with E-state index in [4.69, 9.17) is 4.98 Å². The second-order valence-electron chi connectivity index (χ2n) is 6.91. The number of para-hydroxylation sites is 2. The zero-order valence-corrected chi connectivity index (χ0v) is 15.9. The molecule has 2 aromatic heterocycles. The number of piperidine rings is 1. The molecule has 1 aromatic carbocycles. The molecular weight excluding hydrogens is 346 g/mol. The molecular formula is C19H23N5OS. The van der Waals surface area contributed by atoms with E-state index < -0.39 is 0 Å².